The number of benzene rings is 2. The van der Waals surface area contributed by atoms with E-state index in [1.165, 1.54) is 25.6 Å². The zero-order valence-corrected chi connectivity index (χ0v) is 14.9. The second-order valence-electron chi connectivity index (χ2n) is 5.64. The Kier molecular flexibility index (Phi) is 5.18. The number of carbonyl (C=O) groups excluding carboxylic acids is 1. The van der Waals surface area contributed by atoms with Crippen molar-refractivity contribution < 1.29 is 17.9 Å². The van der Waals surface area contributed by atoms with E-state index in [4.69, 9.17) is 4.74 Å². The van der Waals surface area contributed by atoms with Crippen LogP contribution in [-0.4, -0.2) is 44.2 Å². The number of hydrogen-bond acceptors (Lipinski definition) is 5. The lowest BCUT2D eigenvalue weighted by Gasteiger charge is -2.24. The Bertz CT molecular complexity index is 925. The van der Waals surface area contributed by atoms with Crippen LogP contribution in [0.2, 0.25) is 0 Å². The number of esters is 1. The van der Waals surface area contributed by atoms with Crippen molar-refractivity contribution in [2.24, 2.45) is 4.99 Å². The first-order valence-corrected chi connectivity index (χ1v) is 9.41. The average Bonchev–Trinajstić information content (AvgIpc) is 3.12. The number of hydrogen-bond donors (Lipinski definition) is 0. The topological polar surface area (TPSA) is 76.0 Å². The number of rotatable bonds is 5. The summed E-state index contributed by atoms with van der Waals surface area (Å²) in [5.41, 5.74) is 0.889. The van der Waals surface area contributed by atoms with Crippen molar-refractivity contribution in [2.45, 2.75) is 17.0 Å². The summed E-state index contributed by atoms with van der Waals surface area (Å²) < 4.78 is 31.8. The molecule has 0 aromatic heterocycles. The molecule has 0 spiro atoms. The molecule has 2 aromatic carbocycles. The molecule has 1 heterocycles. The molecule has 0 bridgehead atoms. The normalized spacial score (nSPS) is 19.8. The van der Waals surface area contributed by atoms with Gasteiger partial charge in [-0.05, 0) is 17.7 Å². The van der Waals surface area contributed by atoms with Crippen LogP contribution in [0.4, 0.5) is 0 Å². The molecule has 1 aliphatic heterocycles. The lowest BCUT2D eigenvalue weighted by Crippen LogP contribution is -2.42. The molecule has 7 heteroatoms. The van der Waals surface area contributed by atoms with Gasteiger partial charge >= 0.3 is 5.97 Å². The van der Waals surface area contributed by atoms with E-state index in [9.17, 15) is 13.2 Å². The molecular formula is C19H18N2O4S. The minimum Gasteiger partial charge on any atom is -0.467 e. The minimum atomic E-state index is -3.84. The summed E-state index contributed by atoms with van der Waals surface area (Å²) in [6.45, 7) is 0. The zero-order chi connectivity index (χ0) is 18.6. The van der Waals surface area contributed by atoms with Crippen molar-refractivity contribution in [1.29, 1.82) is 0 Å². The summed E-state index contributed by atoms with van der Waals surface area (Å²) in [5, 5.41) is 0. The summed E-state index contributed by atoms with van der Waals surface area (Å²) >= 11 is 0. The molecule has 1 aliphatic rings. The highest BCUT2D eigenvalue weighted by atomic mass is 32.2. The van der Waals surface area contributed by atoms with Gasteiger partial charge in [-0.3, -0.25) is 4.99 Å². The molecule has 3 rings (SSSR count). The second-order valence-corrected chi connectivity index (χ2v) is 7.48. The fourth-order valence-electron chi connectivity index (χ4n) is 2.66. The molecule has 2 atom stereocenters. The molecule has 0 saturated heterocycles. The maximum atomic E-state index is 13.0. The highest BCUT2D eigenvalue weighted by molar-refractivity contribution is 7.89. The predicted molar refractivity (Wildman–Crippen MR) is 99.0 cm³/mol. The molecule has 0 amide bonds. The van der Waals surface area contributed by atoms with Crippen molar-refractivity contribution >= 4 is 28.4 Å². The molecule has 2 aromatic rings. The van der Waals surface area contributed by atoms with Crippen molar-refractivity contribution in [1.82, 2.24) is 4.31 Å². The van der Waals surface area contributed by atoms with E-state index in [1.54, 1.807) is 30.4 Å². The van der Waals surface area contributed by atoms with Gasteiger partial charge in [-0.25, -0.2) is 17.5 Å². The third kappa shape index (κ3) is 3.52. The monoisotopic (exact) mass is 370 g/mol. The summed E-state index contributed by atoms with van der Waals surface area (Å²) in [5.74, 6) is -0.588. The molecule has 0 fully saturated rings. The lowest BCUT2D eigenvalue weighted by molar-refractivity contribution is -0.142. The van der Waals surface area contributed by atoms with Gasteiger partial charge in [0.15, 0.2) is 6.04 Å². The van der Waals surface area contributed by atoms with Crippen molar-refractivity contribution in [3.63, 3.8) is 0 Å². The van der Waals surface area contributed by atoms with Crippen molar-refractivity contribution in [3.8, 4) is 0 Å². The summed E-state index contributed by atoms with van der Waals surface area (Å²) in [7, 11) is -2.59. The Labute approximate surface area is 152 Å². The molecule has 0 N–H and O–H groups in total. The van der Waals surface area contributed by atoms with Crippen LogP contribution in [0.3, 0.4) is 0 Å². The summed E-state index contributed by atoms with van der Waals surface area (Å²) in [4.78, 5) is 16.3. The van der Waals surface area contributed by atoms with E-state index in [2.05, 4.69) is 4.99 Å². The first-order chi connectivity index (χ1) is 12.5. The van der Waals surface area contributed by atoms with Crippen LogP contribution in [0.5, 0.6) is 0 Å². The quantitative estimate of drug-likeness (QED) is 0.757. The Morgan fingerprint density at radius 2 is 1.69 bits per heavy atom. The van der Waals surface area contributed by atoms with E-state index in [1.807, 2.05) is 30.3 Å². The molecular weight excluding hydrogens is 352 g/mol. The first kappa shape index (κ1) is 17.9. The van der Waals surface area contributed by atoms with Gasteiger partial charge in [0.25, 0.3) is 10.0 Å². The average molecular weight is 370 g/mol. The maximum Gasteiger partial charge on any atom is 0.333 e. The Morgan fingerprint density at radius 3 is 2.31 bits per heavy atom. The SMILES string of the molecule is COC(=O)[C@H]1N=CN(S(=O)(=O)c2ccccc2)[C@@H]1/C=C/c1ccccc1. The van der Waals surface area contributed by atoms with E-state index in [0.29, 0.717) is 0 Å². The fraction of sp³-hybridized carbons (Fsp3) is 0.158. The molecule has 0 saturated carbocycles. The van der Waals surface area contributed by atoms with Gasteiger partial charge in [0.2, 0.25) is 0 Å². The van der Waals surface area contributed by atoms with Crippen molar-refractivity contribution in [3.05, 3.63) is 72.3 Å². The predicted octanol–water partition coefficient (Wildman–Crippen LogP) is 2.34. The van der Waals surface area contributed by atoms with Crippen LogP contribution in [0.15, 0.2) is 76.6 Å². The van der Waals surface area contributed by atoms with Gasteiger partial charge in [-0.1, -0.05) is 60.7 Å². The van der Waals surface area contributed by atoms with Crippen LogP contribution in [-0.2, 0) is 19.6 Å². The number of ether oxygens (including phenoxy) is 1. The van der Waals surface area contributed by atoms with Crippen LogP contribution in [0.1, 0.15) is 5.56 Å². The molecule has 134 valence electrons. The lowest BCUT2D eigenvalue weighted by atomic mass is 10.1. The van der Waals surface area contributed by atoms with Crippen LogP contribution in [0.25, 0.3) is 6.08 Å². The van der Waals surface area contributed by atoms with Crippen LogP contribution in [0, 0.1) is 0 Å². The summed E-state index contributed by atoms with van der Waals surface area (Å²) in [6.07, 6.45) is 4.61. The number of nitrogens with zero attached hydrogens (tertiary/aromatic N) is 2. The van der Waals surface area contributed by atoms with E-state index >= 15 is 0 Å². The van der Waals surface area contributed by atoms with Gasteiger partial charge in [0.05, 0.1) is 18.0 Å². The minimum absolute atomic E-state index is 0.134. The van der Waals surface area contributed by atoms with E-state index in [0.717, 1.165) is 9.87 Å². The smallest absolute Gasteiger partial charge is 0.333 e. The molecule has 0 radical (unpaired) electrons. The van der Waals surface area contributed by atoms with Crippen LogP contribution >= 0.6 is 0 Å². The first-order valence-electron chi connectivity index (χ1n) is 7.97. The van der Waals surface area contributed by atoms with Crippen LogP contribution < -0.4 is 0 Å². The molecule has 0 unspecified atom stereocenters. The molecule has 26 heavy (non-hydrogen) atoms. The zero-order valence-electron chi connectivity index (χ0n) is 14.1. The van der Waals surface area contributed by atoms with Gasteiger partial charge in [0, 0.05) is 0 Å². The standard InChI is InChI=1S/C19H18N2O4S/c1-25-19(22)18-17(13-12-15-8-4-2-5-9-15)21(14-20-18)26(23,24)16-10-6-3-7-11-16/h2-14,17-18H,1H3/b13-12+/t17-,18+/m1/s1. The number of aliphatic imine (C=N–C) groups is 1. The third-order valence-corrected chi connectivity index (χ3v) is 5.77. The number of carbonyl (C=O) groups is 1. The highest BCUT2D eigenvalue weighted by Crippen LogP contribution is 2.25. The highest BCUT2D eigenvalue weighted by Gasteiger charge is 2.41. The Hall–Kier alpha value is -2.93. The molecule has 6 nitrogen and oxygen atoms in total. The van der Waals surface area contributed by atoms with E-state index < -0.39 is 28.1 Å². The fourth-order valence-corrected chi connectivity index (χ4v) is 4.09. The Balaban J connectivity index is 1.97. The summed E-state index contributed by atoms with van der Waals surface area (Å²) in [6, 6.07) is 15.7. The number of sulfonamides is 1. The van der Waals surface area contributed by atoms with Gasteiger partial charge in [0.1, 0.15) is 6.34 Å². The largest absolute Gasteiger partial charge is 0.467 e. The third-order valence-electron chi connectivity index (χ3n) is 4.01. The van der Waals surface area contributed by atoms with Crippen molar-refractivity contribution in [2.75, 3.05) is 7.11 Å². The molecule has 0 aliphatic carbocycles. The Morgan fingerprint density at radius 1 is 1.08 bits per heavy atom. The van der Waals surface area contributed by atoms with Gasteiger partial charge in [-0.15, -0.1) is 0 Å². The second kappa shape index (κ2) is 7.53. The maximum absolute atomic E-state index is 13.0. The van der Waals surface area contributed by atoms with E-state index in [-0.39, 0.29) is 4.90 Å². The van der Waals surface area contributed by atoms with Gasteiger partial charge < -0.3 is 4.74 Å². The van der Waals surface area contributed by atoms with Gasteiger partial charge in [-0.2, -0.15) is 0 Å². The number of methoxy groups -OCH3 is 1.